The third-order valence-corrected chi connectivity index (χ3v) is 5.49. The Bertz CT molecular complexity index is 912. The molecule has 132 valence electrons. The molecule has 1 heterocycles. The third-order valence-electron chi connectivity index (χ3n) is 3.73. The number of imide groups is 1. The highest BCUT2D eigenvalue weighted by molar-refractivity contribution is 9.10. The summed E-state index contributed by atoms with van der Waals surface area (Å²) in [6.07, 6.45) is 1.65. The van der Waals surface area contributed by atoms with Crippen molar-refractivity contribution in [3.8, 4) is 0 Å². The zero-order chi connectivity index (χ0) is 18.7. The number of hydrogen-bond acceptors (Lipinski definition) is 4. The van der Waals surface area contributed by atoms with Crippen molar-refractivity contribution in [2.45, 2.75) is 6.92 Å². The highest BCUT2D eigenvalue weighted by Gasteiger charge is 2.36. The van der Waals surface area contributed by atoms with Crippen molar-refractivity contribution in [2.24, 2.45) is 0 Å². The van der Waals surface area contributed by atoms with E-state index in [4.69, 9.17) is 0 Å². The molecule has 26 heavy (non-hydrogen) atoms. The van der Waals surface area contributed by atoms with Crippen molar-refractivity contribution in [1.29, 1.82) is 0 Å². The first-order valence-corrected chi connectivity index (χ1v) is 9.41. The lowest BCUT2D eigenvalue weighted by Gasteiger charge is -2.13. The average molecular weight is 431 g/mol. The number of carbonyl (C=O) groups is 3. The summed E-state index contributed by atoms with van der Waals surface area (Å²) in [5.41, 5.74) is 2.46. The van der Waals surface area contributed by atoms with Gasteiger partial charge in [-0.05, 0) is 48.0 Å². The molecule has 7 heteroatoms. The molecule has 5 nitrogen and oxygen atoms in total. The Morgan fingerprint density at radius 3 is 2.62 bits per heavy atom. The van der Waals surface area contributed by atoms with E-state index < -0.39 is 17.1 Å². The number of aryl methyl sites for hydroxylation is 1. The van der Waals surface area contributed by atoms with Gasteiger partial charge >= 0.3 is 0 Å². The van der Waals surface area contributed by atoms with E-state index >= 15 is 0 Å². The highest BCUT2D eigenvalue weighted by atomic mass is 79.9. The number of benzene rings is 2. The van der Waals surface area contributed by atoms with Crippen LogP contribution in [0.25, 0.3) is 6.08 Å². The summed E-state index contributed by atoms with van der Waals surface area (Å²) in [7, 11) is 0. The van der Waals surface area contributed by atoms with Gasteiger partial charge in [-0.15, -0.1) is 0 Å². The Hall–Kier alpha value is -2.38. The van der Waals surface area contributed by atoms with Crippen molar-refractivity contribution in [1.82, 2.24) is 4.90 Å². The quantitative estimate of drug-likeness (QED) is 0.728. The topological polar surface area (TPSA) is 66.5 Å². The first-order valence-electron chi connectivity index (χ1n) is 7.80. The second kappa shape index (κ2) is 7.88. The van der Waals surface area contributed by atoms with Crippen LogP contribution in [0, 0.1) is 6.92 Å². The van der Waals surface area contributed by atoms with Crippen molar-refractivity contribution in [2.75, 3.05) is 11.9 Å². The fourth-order valence-corrected chi connectivity index (χ4v) is 3.57. The monoisotopic (exact) mass is 430 g/mol. The second-order valence-electron chi connectivity index (χ2n) is 5.69. The molecule has 1 aliphatic rings. The minimum Gasteiger partial charge on any atom is -0.324 e. The van der Waals surface area contributed by atoms with Crippen LogP contribution < -0.4 is 5.32 Å². The summed E-state index contributed by atoms with van der Waals surface area (Å²) < 4.78 is 0.868. The minimum absolute atomic E-state index is 0.312. The van der Waals surface area contributed by atoms with Crippen LogP contribution in [-0.2, 0) is 9.59 Å². The van der Waals surface area contributed by atoms with Crippen LogP contribution >= 0.6 is 27.7 Å². The van der Waals surface area contributed by atoms with E-state index in [0.29, 0.717) is 10.6 Å². The number of carbonyl (C=O) groups excluding carboxylic acids is 3. The molecule has 1 aliphatic heterocycles. The van der Waals surface area contributed by atoms with Gasteiger partial charge in [0.1, 0.15) is 6.54 Å². The molecule has 0 bridgehead atoms. The summed E-state index contributed by atoms with van der Waals surface area (Å²) in [5, 5.41) is 2.25. The van der Waals surface area contributed by atoms with Crippen LogP contribution in [-0.4, -0.2) is 28.5 Å². The Balaban J connectivity index is 1.68. The molecular formula is C19H15BrN2O3S. The van der Waals surface area contributed by atoms with Gasteiger partial charge in [0.25, 0.3) is 11.1 Å². The largest absolute Gasteiger partial charge is 0.324 e. The van der Waals surface area contributed by atoms with Crippen LogP contribution in [0.3, 0.4) is 0 Å². The number of nitrogens with one attached hydrogen (secondary N) is 1. The van der Waals surface area contributed by atoms with Gasteiger partial charge in [-0.3, -0.25) is 19.3 Å². The molecule has 3 rings (SSSR count). The average Bonchev–Trinajstić information content (AvgIpc) is 2.86. The zero-order valence-corrected chi connectivity index (χ0v) is 16.3. The summed E-state index contributed by atoms with van der Waals surface area (Å²) in [4.78, 5) is 38.0. The van der Waals surface area contributed by atoms with Gasteiger partial charge in [0.05, 0.1) is 4.91 Å². The van der Waals surface area contributed by atoms with Crippen LogP contribution in [0.4, 0.5) is 10.5 Å². The first kappa shape index (κ1) is 18.4. The third kappa shape index (κ3) is 4.23. The Morgan fingerprint density at radius 2 is 1.92 bits per heavy atom. The second-order valence-corrected chi connectivity index (χ2v) is 7.54. The van der Waals surface area contributed by atoms with Gasteiger partial charge in [-0.1, -0.05) is 52.3 Å². The van der Waals surface area contributed by atoms with E-state index in [0.717, 1.165) is 32.3 Å². The van der Waals surface area contributed by atoms with Gasteiger partial charge in [0, 0.05) is 10.2 Å². The molecule has 1 saturated heterocycles. The van der Waals surface area contributed by atoms with E-state index in [1.165, 1.54) is 0 Å². The molecule has 0 aliphatic carbocycles. The van der Waals surface area contributed by atoms with Crippen molar-refractivity contribution in [3.63, 3.8) is 0 Å². The van der Waals surface area contributed by atoms with Crippen LogP contribution in [0.15, 0.2) is 57.9 Å². The smallest absolute Gasteiger partial charge is 0.294 e. The van der Waals surface area contributed by atoms with E-state index in [1.807, 2.05) is 43.3 Å². The molecule has 0 saturated carbocycles. The lowest BCUT2D eigenvalue weighted by atomic mass is 10.2. The number of hydrogen-bond donors (Lipinski definition) is 1. The minimum atomic E-state index is -0.455. The van der Waals surface area contributed by atoms with Gasteiger partial charge in [-0.25, -0.2) is 0 Å². The number of thioether (sulfide) groups is 1. The van der Waals surface area contributed by atoms with Gasteiger partial charge in [-0.2, -0.15) is 0 Å². The molecule has 2 aromatic carbocycles. The summed E-state index contributed by atoms with van der Waals surface area (Å²) in [6, 6.07) is 14.7. The van der Waals surface area contributed by atoms with E-state index in [1.54, 1.807) is 18.2 Å². The standard InChI is InChI=1S/C19H15BrN2O3S/c1-12-7-8-14(10-15(12)20)21-17(23)11-22-18(24)16(26-19(22)25)9-13-5-3-2-4-6-13/h2-10H,11H2,1H3,(H,21,23)/b16-9+. The van der Waals surface area contributed by atoms with Gasteiger partial charge in [0.15, 0.2) is 0 Å². The summed E-state index contributed by atoms with van der Waals surface area (Å²) in [6.45, 7) is 1.62. The maximum Gasteiger partial charge on any atom is 0.294 e. The summed E-state index contributed by atoms with van der Waals surface area (Å²) >= 11 is 4.24. The lowest BCUT2D eigenvalue weighted by molar-refractivity contribution is -0.127. The number of anilines is 1. The Morgan fingerprint density at radius 1 is 1.19 bits per heavy atom. The molecule has 3 amide bonds. The number of rotatable bonds is 4. The van der Waals surface area contributed by atoms with Crippen molar-refractivity contribution < 1.29 is 14.4 Å². The molecule has 0 unspecified atom stereocenters. The normalized spacial score (nSPS) is 15.6. The number of nitrogens with zero attached hydrogens (tertiary/aromatic N) is 1. The number of halogens is 1. The first-order chi connectivity index (χ1) is 12.4. The van der Waals surface area contributed by atoms with Crippen molar-refractivity contribution >= 4 is 56.5 Å². The highest BCUT2D eigenvalue weighted by Crippen LogP contribution is 2.32. The molecule has 0 spiro atoms. The fourth-order valence-electron chi connectivity index (χ4n) is 2.35. The van der Waals surface area contributed by atoms with E-state index in [9.17, 15) is 14.4 Å². The number of amides is 3. The molecular weight excluding hydrogens is 416 g/mol. The molecule has 0 atom stereocenters. The van der Waals surface area contributed by atoms with E-state index in [-0.39, 0.29) is 6.54 Å². The molecule has 1 N–H and O–H groups in total. The Labute approximate surface area is 163 Å². The molecule has 1 fully saturated rings. The maximum atomic E-state index is 12.4. The molecule has 2 aromatic rings. The molecule has 0 aromatic heterocycles. The molecule has 0 radical (unpaired) electrons. The SMILES string of the molecule is Cc1ccc(NC(=O)CN2C(=O)S/C(=C/c3ccccc3)C2=O)cc1Br. The van der Waals surface area contributed by atoms with E-state index in [2.05, 4.69) is 21.2 Å². The predicted octanol–water partition coefficient (Wildman–Crippen LogP) is 4.43. The zero-order valence-electron chi connectivity index (χ0n) is 13.9. The maximum absolute atomic E-state index is 12.4. The predicted molar refractivity (Wildman–Crippen MR) is 107 cm³/mol. The summed E-state index contributed by atoms with van der Waals surface area (Å²) in [5.74, 6) is -0.881. The fraction of sp³-hybridized carbons (Fsp3) is 0.105. The van der Waals surface area contributed by atoms with Crippen molar-refractivity contribution in [3.05, 3.63) is 69.0 Å². The van der Waals surface area contributed by atoms with Gasteiger partial charge in [0.2, 0.25) is 5.91 Å². The van der Waals surface area contributed by atoms with Crippen LogP contribution in [0.1, 0.15) is 11.1 Å². The van der Waals surface area contributed by atoms with Gasteiger partial charge < -0.3 is 5.32 Å². The lowest BCUT2D eigenvalue weighted by Crippen LogP contribution is -2.36. The van der Waals surface area contributed by atoms with Crippen LogP contribution in [0.2, 0.25) is 0 Å². The Kier molecular flexibility index (Phi) is 5.58. The van der Waals surface area contributed by atoms with Crippen LogP contribution in [0.5, 0.6) is 0 Å².